The maximum atomic E-state index is 11.8. The van der Waals surface area contributed by atoms with Crippen LogP contribution in [0.5, 0.6) is 5.75 Å². The highest BCUT2D eigenvalue weighted by Gasteiger charge is 2.38. The highest BCUT2D eigenvalue weighted by molar-refractivity contribution is 14.0. The van der Waals surface area contributed by atoms with Gasteiger partial charge in [-0.25, -0.2) is 0 Å². The zero-order chi connectivity index (χ0) is 16.9. The minimum absolute atomic E-state index is 0. The van der Waals surface area contributed by atoms with Crippen LogP contribution in [0.3, 0.4) is 0 Å². The molecule has 134 valence electrons. The molecule has 0 spiro atoms. The zero-order valence-electron chi connectivity index (χ0n) is 13.4. The number of halogens is 2. The number of aliphatic imine (C=N–C) groups is 1. The number of anilines is 1. The molecule has 0 radical (unpaired) electrons. The Hall–Kier alpha value is -1.26. The van der Waals surface area contributed by atoms with E-state index in [1.165, 1.54) is 0 Å². The number of ether oxygens (including phenoxy) is 2. The van der Waals surface area contributed by atoms with E-state index in [2.05, 4.69) is 10.3 Å². The summed E-state index contributed by atoms with van der Waals surface area (Å²) in [6, 6.07) is 5.17. The topological polar surface area (TPSA) is 112 Å². The van der Waals surface area contributed by atoms with E-state index in [-0.39, 0.29) is 42.4 Å². The molecule has 1 aromatic rings. The van der Waals surface area contributed by atoms with Crippen LogP contribution in [0.2, 0.25) is 5.02 Å². The van der Waals surface area contributed by atoms with Gasteiger partial charge in [-0.2, -0.15) is 0 Å². The van der Waals surface area contributed by atoms with Crippen molar-refractivity contribution in [1.29, 1.82) is 0 Å². The number of guanidine groups is 1. The number of amides is 1. The minimum atomic E-state index is -0.692. The molecular weight excluding hydrogens is 447 g/mol. The number of hydrogen-bond donors (Lipinski definition) is 3. The average molecular weight is 469 g/mol. The second-order valence-electron chi connectivity index (χ2n) is 5.43. The van der Waals surface area contributed by atoms with Crippen molar-refractivity contribution in [3.63, 3.8) is 0 Å². The van der Waals surface area contributed by atoms with Crippen LogP contribution in [-0.4, -0.2) is 38.7 Å². The number of nitrogens with zero attached hydrogens (tertiary/aromatic N) is 1. The molecule has 0 saturated carbocycles. The number of carbonyl (C=O) groups excluding carboxylic acids is 1. The molecule has 1 heterocycles. The summed E-state index contributed by atoms with van der Waals surface area (Å²) in [7, 11) is 1.54. The average Bonchev–Trinajstić information content (AvgIpc) is 2.54. The number of primary amides is 1. The lowest BCUT2D eigenvalue weighted by Gasteiger charge is -2.32. The molecule has 5 N–H and O–H groups in total. The Labute approximate surface area is 163 Å². The highest BCUT2D eigenvalue weighted by atomic mass is 127. The quantitative estimate of drug-likeness (QED) is 0.347. The van der Waals surface area contributed by atoms with Crippen molar-refractivity contribution in [1.82, 2.24) is 0 Å². The van der Waals surface area contributed by atoms with E-state index in [4.69, 9.17) is 32.5 Å². The van der Waals surface area contributed by atoms with Crippen molar-refractivity contribution < 1.29 is 14.3 Å². The van der Waals surface area contributed by atoms with Gasteiger partial charge in [-0.3, -0.25) is 9.79 Å². The zero-order valence-corrected chi connectivity index (χ0v) is 16.5. The first-order valence-electron chi connectivity index (χ1n) is 7.25. The lowest BCUT2D eigenvalue weighted by atomic mass is 9.79. The number of benzene rings is 1. The number of rotatable bonds is 5. The molecule has 1 fully saturated rings. The van der Waals surface area contributed by atoms with Gasteiger partial charge in [0.1, 0.15) is 5.75 Å². The monoisotopic (exact) mass is 468 g/mol. The Bertz CT molecular complexity index is 606. The maximum absolute atomic E-state index is 11.8. The predicted octanol–water partition coefficient (Wildman–Crippen LogP) is 1.98. The van der Waals surface area contributed by atoms with Gasteiger partial charge in [0, 0.05) is 18.9 Å². The van der Waals surface area contributed by atoms with E-state index in [1.54, 1.807) is 25.3 Å². The van der Waals surface area contributed by atoms with Gasteiger partial charge >= 0.3 is 0 Å². The summed E-state index contributed by atoms with van der Waals surface area (Å²) >= 11 is 6.05. The summed E-state index contributed by atoms with van der Waals surface area (Å²) in [5.41, 5.74) is 11.4. The van der Waals surface area contributed by atoms with Crippen LogP contribution in [0.25, 0.3) is 0 Å². The molecule has 1 aliphatic rings. The minimum Gasteiger partial charge on any atom is -0.495 e. The standard InChI is InChI=1S/C15H21ClN4O3.HI/c1-22-12-3-2-10(8-11(12)16)20-14(18)19-9-15(13(17)21)4-6-23-7-5-15;/h2-3,8H,4-7,9H2,1H3,(H2,17,21)(H3,18,19,20);1H. The van der Waals surface area contributed by atoms with E-state index in [1.807, 2.05) is 0 Å². The van der Waals surface area contributed by atoms with Crippen LogP contribution in [0.1, 0.15) is 12.8 Å². The third kappa shape index (κ3) is 5.12. The van der Waals surface area contributed by atoms with E-state index in [0.717, 1.165) is 0 Å². The summed E-state index contributed by atoms with van der Waals surface area (Å²) in [5, 5.41) is 3.40. The first-order chi connectivity index (χ1) is 11.0. The molecule has 1 saturated heterocycles. The molecule has 1 amide bonds. The van der Waals surface area contributed by atoms with Crippen molar-refractivity contribution >= 4 is 53.1 Å². The molecule has 0 unspecified atom stereocenters. The smallest absolute Gasteiger partial charge is 0.225 e. The van der Waals surface area contributed by atoms with E-state index < -0.39 is 5.41 Å². The molecule has 0 atom stereocenters. The van der Waals surface area contributed by atoms with Gasteiger partial charge in [0.05, 0.1) is 24.1 Å². The third-order valence-corrected chi connectivity index (χ3v) is 4.24. The van der Waals surface area contributed by atoms with Gasteiger partial charge in [-0.15, -0.1) is 24.0 Å². The summed E-state index contributed by atoms with van der Waals surface area (Å²) < 4.78 is 10.4. The normalized spacial score (nSPS) is 16.8. The van der Waals surface area contributed by atoms with Crippen molar-refractivity contribution in [2.45, 2.75) is 12.8 Å². The van der Waals surface area contributed by atoms with Crippen molar-refractivity contribution in [2.75, 3.05) is 32.2 Å². The largest absolute Gasteiger partial charge is 0.495 e. The third-order valence-electron chi connectivity index (χ3n) is 3.95. The summed E-state index contributed by atoms with van der Waals surface area (Å²) in [5.74, 6) is 0.394. The van der Waals surface area contributed by atoms with Crippen LogP contribution in [0.4, 0.5) is 5.69 Å². The molecule has 7 nitrogen and oxygen atoms in total. The van der Waals surface area contributed by atoms with Crippen LogP contribution in [0, 0.1) is 5.41 Å². The van der Waals surface area contributed by atoms with Gasteiger partial charge < -0.3 is 26.3 Å². The summed E-state index contributed by atoms with van der Waals surface area (Å²) in [6.45, 7) is 1.23. The predicted molar refractivity (Wildman–Crippen MR) is 105 cm³/mol. The van der Waals surface area contributed by atoms with Crippen molar-refractivity contribution in [3.05, 3.63) is 23.2 Å². The van der Waals surface area contributed by atoms with Crippen LogP contribution < -0.4 is 21.5 Å². The van der Waals surface area contributed by atoms with Gasteiger partial charge in [-0.1, -0.05) is 11.6 Å². The SMILES string of the molecule is COc1ccc(NC(N)=NCC2(C(N)=O)CCOCC2)cc1Cl.I. The Kier molecular flexibility index (Phi) is 8.04. The lowest BCUT2D eigenvalue weighted by Crippen LogP contribution is -2.44. The van der Waals surface area contributed by atoms with Crippen LogP contribution in [0.15, 0.2) is 23.2 Å². The molecule has 24 heavy (non-hydrogen) atoms. The number of nitrogens with one attached hydrogen (secondary N) is 1. The number of methoxy groups -OCH3 is 1. The second kappa shape index (κ2) is 9.28. The Morgan fingerprint density at radius 1 is 1.42 bits per heavy atom. The van der Waals surface area contributed by atoms with Gasteiger partial charge in [0.2, 0.25) is 5.91 Å². The summed E-state index contributed by atoms with van der Waals surface area (Å²) in [4.78, 5) is 16.0. The van der Waals surface area contributed by atoms with Gasteiger partial charge in [0.15, 0.2) is 5.96 Å². The second-order valence-corrected chi connectivity index (χ2v) is 5.84. The Morgan fingerprint density at radius 3 is 2.62 bits per heavy atom. The fourth-order valence-electron chi connectivity index (χ4n) is 2.41. The molecular formula is C15H22ClIN4O3. The maximum Gasteiger partial charge on any atom is 0.225 e. The van der Waals surface area contributed by atoms with E-state index in [0.29, 0.717) is 42.5 Å². The molecule has 2 rings (SSSR count). The number of hydrogen-bond acceptors (Lipinski definition) is 4. The summed E-state index contributed by atoms with van der Waals surface area (Å²) in [6.07, 6.45) is 1.10. The molecule has 1 aliphatic heterocycles. The van der Waals surface area contributed by atoms with Crippen LogP contribution in [-0.2, 0) is 9.53 Å². The van der Waals surface area contributed by atoms with Gasteiger partial charge in [-0.05, 0) is 31.0 Å². The molecule has 9 heteroatoms. The van der Waals surface area contributed by atoms with Crippen molar-refractivity contribution in [3.8, 4) is 5.75 Å². The number of nitrogens with two attached hydrogens (primary N) is 2. The molecule has 0 bridgehead atoms. The van der Waals surface area contributed by atoms with E-state index >= 15 is 0 Å². The molecule has 1 aromatic carbocycles. The fourth-order valence-corrected chi connectivity index (χ4v) is 2.67. The Balaban J connectivity index is 0.00000288. The van der Waals surface area contributed by atoms with Crippen LogP contribution >= 0.6 is 35.6 Å². The first kappa shape index (κ1) is 20.8. The number of carbonyl (C=O) groups is 1. The van der Waals surface area contributed by atoms with E-state index in [9.17, 15) is 4.79 Å². The lowest BCUT2D eigenvalue weighted by molar-refractivity contribution is -0.132. The molecule has 0 aliphatic carbocycles. The Morgan fingerprint density at radius 2 is 2.08 bits per heavy atom. The first-order valence-corrected chi connectivity index (χ1v) is 7.63. The van der Waals surface area contributed by atoms with Gasteiger partial charge in [0.25, 0.3) is 0 Å². The fraction of sp³-hybridized carbons (Fsp3) is 0.467. The molecule has 0 aromatic heterocycles. The highest BCUT2D eigenvalue weighted by Crippen LogP contribution is 2.31. The van der Waals surface area contributed by atoms with Crippen molar-refractivity contribution in [2.24, 2.45) is 21.9 Å².